The molecule has 1 aliphatic rings. The Morgan fingerprint density at radius 3 is 2.95 bits per heavy atom. The predicted octanol–water partition coefficient (Wildman–Crippen LogP) is 2.35. The number of amides is 1. The molecule has 0 aromatic carbocycles. The summed E-state index contributed by atoms with van der Waals surface area (Å²) in [6.07, 6.45) is 4.59. The van der Waals surface area contributed by atoms with Crippen LogP contribution in [-0.2, 0) is 17.6 Å². The Labute approximate surface area is 119 Å². The number of hydrogen-bond donors (Lipinski definition) is 1. The monoisotopic (exact) mass is 271 g/mol. The van der Waals surface area contributed by atoms with Crippen molar-refractivity contribution in [1.29, 1.82) is 0 Å². The average Bonchev–Trinajstić information content (AvgIpc) is 2.74. The van der Waals surface area contributed by atoms with Crippen LogP contribution in [-0.4, -0.2) is 20.8 Å². The number of nitrogens with zero attached hydrogens (tertiary/aromatic N) is 2. The number of carbonyl (C=O) groups is 1. The molecule has 106 valence electrons. The normalized spacial score (nSPS) is 18.9. The van der Waals surface area contributed by atoms with Crippen molar-refractivity contribution in [3.8, 4) is 0 Å². The third kappa shape index (κ3) is 2.42. The van der Waals surface area contributed by atoms with Crippen LogP contribution in [0, 0.1) is 5.92 Å². The maximum absolute atomic E-state index is 12.3. The lowest BCUT2D eigenvalue weighted by Crippen LogP contribution is -2.45. The van der Waals surface area contributed by atoms with Crippen LogP contribution < -0.4 is 5.32 Å². The highest BCUT2D eigenvalue weighted by atomic mass is 16.2. The maximum Gasteiger partial charge on any atom is 0.223 e. The highest BCUT2D eigenvalue weighted by Gasteiger charge is 2.29. The van der Waals surface area contributed by atoms with Gasteiger partial charge in [0, 0.05) is 29.8 Å². The lowest BCUT2D eigenvalue weighted by atomic mass is 9.88. The first-order valence-corrected chi connectivity index (χ1v) is 7.21. The van der Waals surface area contributed by atoms with E-state index in [-0.39, 0.29) is 17.4 Å². The molecule has 0 spiro atoms. The molecule has 2 heterocycles. The molecule has 0 saturated carbocycles. The van der Waals surface area contributed by atoms with E-state index in [1.54, 1.807) is 0 Å². The van der Waals surface area contributed by atoms with Crippen LogP contribution >= 0.6 is 0 Å². The minimum Gasteiger partial charge on any atom is -0.351 e. The first kappa shape index (κ1) is 13.2. The third-order valence-electron chi connectivity index (χ3n) is 3.75. The van der Waals surface area contributed by atoms with Gasteiger partial charge in [0.1, 0.15) is 5.65 Å². The fraction of sp³-hybridized carbons (Fsp3) is 0.500. The molecule has 2 aromatic heterocycles. The van der Waals surface area contributed by atoms with Gasteiger partial charge in [0.2, 0.25) is 5.91 Å². The van der Waals surface area contributed by atoms with E-state index in [9.17, 15) is 4.79 Å². The molecule has 1 amide bonds. The topological polar surface area (TPSA) is 46.4 Å². The molecule has 4 heteroatoms. The lowest BCUT2D eigenvalue weighted by molar-refractivity contribution is -0.126. The number of aryl methyl sites for hydroxylation is 1. The molecule has 20 heavy (non-hydrogen) atoms. The van der Waals surface area contributed by atoms with Crippen molar-refractivity contribution >= 4 is 11.6 Å². The first-order chi connectivity index (χ1) is 9.44. The number of hydrogen-bond acceptors (Lipinski definition) is 2. The quantitative estimate of drug-likeness (QED) is 0.865. The molecule has 1 atom stereocenters. The Hall–Kier alpha value is -1.84. The Balaban J connectivity index is 1.86. The molecule has 0 fully saturated rings. The van der Waals surface area contributed by atoms with E-state index in [0.717, 1.165) is 30.6 Å². The van der Waals surface area contributed by atoms with Crippen molar-refractivity contribution in [3.63, 3.8) is 0 Å². The summed E-state index contributed by atoms with van der Waals surface area (Å²) in [5, 5.41) is 3.09. The van der Waals surface area contributed by atoms with Gasteiger partial charge < -0.3 is 9.72 Å². The van der Waals surface area contributed by atoms with Crippen molar-refractivity contribution in [1.82, 2.24) is 14.7 Å². The van der Waals surface area contributed by atoms with Crippen LogP contribution in [0.2, 0.25) is 0 Å². The zero-order chi connectivity index (χ0) is 14.3. The van der Waals surface area contributed by atoms with Crippen LogP contribution in [0.4, 0.5) is 0 Å². The number of rotatable bonds is 1. The fourth-order valence-corrected chi connectivity index (χ4v) is 2.85. The van der Waals surface area contributed by atoms with Gasteiger partial charge in [0.25, 0.3) is 0 Å². The van der Waals surface area contributed by atoms with Crippen LogP contribution in [0.3, 0.4) is 0 Å². The SMILES string of the molecule is CC(C)(C)NC(=O)C1CCc2nc3ccccn3c2C1. The second-order valence-electron chi connectivity index (χ2n) is 6.61. The van der Waals surface area contributed by atoms with E-state index in [4.69, 9.17) is 0 Å². The Kier molecular flexibility index (Phi) is 3.04. The predicted molar refractivity (Wildman–Crippen MR) is 78.6 cm³/mol. The van der Waals surface area contributed by atoms with Crippen molar-refractivity contribution in [3.05, 3.63) is 35.8 Å². The minimum atomic E-state index is -0.170. The summed E-state index contributed by atoms with van der Waals surface area (Å²) in [7, 11) is 0. The molecule has 0 bridgehead atoms. The second kappa shape index (κ2) is 4.62. The van der Waals surface area contributed by atoms with Gasteiger partial charge in [-0.15, -0.1) is 0 Å². The van der Waals surface area contributed by atoms with Crippen molar-refractivity contribution in [2.45, 2.75) is 45.6 Å². The third-order valence-corrected chi connectivity index (χ3v) is 3.75. The van der Waals surface area contributed by atoms with Gasteiger partial charge >= 0.3 is 0 Å². The second-order valence-corrected chi connectivity index (χ2v) is 6.61. The molecule has 0 saturated heterocycles. The highest BCUT2D eigenvalue weighted by molar-refractivity contribution is 5.80. The Morgan fingerprint density at radius 2 is 2.20 bits per heavy atom. The molecule has 0 radical (unpaired) electrons. The molecule has 2 aromatic rings. The Bertz CT molecular complexity index is 651. The van der Waals surface area contributed by atoms with Crippen molar-refractivity contribution in [2.75, 3.05) is 0 Å². The summed E-state index contributed by atoms with van der Waals surface area (Å²) in [5.74, 6) is 0.218. The summed E-state index contributed by atoms with van der Waals surface area (Å²) in [6.45, 7) is 6.06. The van der Waals surface area contributed by atoms with Crippen molar-refractivity contribution in [2.24, 2.45) is 5.92 Å². The van der Waals surface area contributed by atoms with Gasteiger partial charge in [-0.3, -0.25) is 4.79 Å². The number of carbonyl (C=O) groups excluding carboxylic acids is 1. The van der Waals surface area contributed by atoms with Gasteiger partial charge in [-0.1, -0.05) is 6.07 Å². The van der Waals surface area contributed by atoms with E-state index >= 15 is 0 Å². The smallest absolute Gasteiger partial charge is 0.223 e. The summed E-state index contributed by atoms with van der Waals surface area (Å²) < 4.78 is 2.12. The summed E-state index contributed by atoms with van der Waals surface area (Å²) >= 11 is 0. The summed E-state index contributed by atoms with van der Waals surface area (Å²) in [6, 6.07) is 6.02. The number of fused-ring (bicyclic) bond motifs is 3. The van der Waals surface area contributed by atoms with E-state index in [0.29, 0.717) is 0 Å². The summed E-state index contributed by atoms with van der Waals surface area (Å²) in [5.41, 5.74) is 3.16. The zero-order valence-corrected chi connectivity index (χ0v) is 12.3. The van der Waals surface area contributed by atoms with E-state index in [1.807, 2.05) is 45.2 Å². The van der Waals surface area contributed by atoms with Gasteiger partial charge in [-0.25, -0.2) is 4.98 Å². The van der Waals surface area contributed by atoms with Crippen LogP contribution in [0.25, 0.3) is 5.65 Å². The van der Waals surface area contributed by atoms with Crippen LogP contribution in [0.5, 0.6) is 0 Å². The van der Waals surface area contributed by atoms with Gasteiger partial charge in [0.05, 0.1) is 5.69 Å². The average molecular weight is 271 g/mol. The van der Waals surface area contributed by atoms with Gasteiger partial charge in [-0.2, -0.15) is 0 Å². The molecule has 1 unspecified atom stereocenters. The highest BCUT2D eigenvalue weighted by Crippen LogP contribution is 2.26. The minimum absolute atomic E-state index is 0.0573. The van der Waals surface area contributed by atoms with Crippen LogP contribution in [0.15, 0.2) is 24.4 Å². The molecular formula is C16H21N3O. The van der Waals surface area contributed by atoms with E-state index in [1.165, 1.54) is 5.69 Å². The first-order valence-electron chi connectivity index (χ1n) is 7.21. The largest absolute Gasteiger partial charge is 0.351 e. The number of nitrogens with one attached hydrogen (secondary N) is 1. The van der Waals surface area contributed by atoms with Crippen LogP contribution in [0.1, 0.15) is 38.6 Å². The van der Waals surface area contributed by atoms with Gasteiger partial charge in [-0.05, 0) is 45.7 Å². The van der Waals surface area contributed by atoms with Gasteiger partial charge in [0.15, 0.2) is 0 Å². The molecule has 4 nitrogen and oxygen atoms in total. The lowest BCUT2D eigenvalue weighted by Gasteiger charge is -2.27. The molecule has 3 rings (SSSR count). The molecule has 1 aliphatic carbocycles. The molecule has 1 N–H and O–H groups in total. The fourth-order valence-electron chi connectivity index (χ4n) is 2.85. The number of aromatic nitrogens is 2. The summed E-state index contributed by atoms with van der Waals surface area (Å²) in [4.78, 5) is 17.0. The molecular weight excluding hydrogens is 250 g/mol. The molecule has 0 aliphatic heterocycles. The zero-order valence-electron chi connectivity index (χ0n) is 12.3. The van der Waals surface area contributed by atoms with E-state index in [2.05, 4.69) is 14.7 Å². The standard InChI is InChI=1S/C16H21N3O/c1-16(2,3)18-15(20)11-7-8-12-13(10-11)19-9-5-4-6-14(19)17-12/h4-6,9,11H,7-8,10H2,1-3H3,(H,18,20). The number of imidazole rings is 1. The number of pyridine rings is 1. The van der Waals surface area contributed by atoms with E-state index < -0.39 is 0 Å². The van der Waals surface area contributed by atoms with Crippen molar-refractivity contribution < 1.29 is 4.79 Å². The Morgan fingerprint density at radius 1 is 1.40 bits per heavy atom. The maximum atomic E-state index is 12.3.